The summed E-state index contributed by atoms with van der Waals surface area (Å²) >= 11 is 0. The second kappa shape index (κ2) is 5.01. The van der Waals surface area contributed by atoms with Crippen molar-refractivity contribution in [2.24, 2.45) is 0 Å². The summed E-state index contributed by atoms with van der Waals surface area (Å²) in [6.07, 6.45) is 3.98. The van der Waals surface area contributed by atoms with E-state index in [4.69, 9.17) is 5.73 Å². The maximum absolute atomic E-state index is 6.10. The molecule has 0 radical (unpaired) electrons. The maximum atomic E-state index is 6.10. The Balaban J connectivity index is 1.86. The van der Waals surface area contributed by atoms with Crippen LogP contribution in [0.15, 0.2) is 30.5 Å². The molecule has 0 unspecified atom stereocenters. The average molecular weight is 257 g/mol. The molecule has 0 spiro atoms. The molecule has 3 rings (SSSR count). The Morgan fingerprint density at radius 1 is 1.21 bits per heavy atom. The molecule has 100 valence electrons. The fraction of sp³-hybridized carbons (Fsp3) is 0.429. The van der Waals surface area contributed by atoms with Gasteiger partial charge in [0.25, 0.3) is 0 Å². The van der Waals surface area contributed by atoms with Gasteiger partial charge in [-0.25, -0.2) is 4.68 Å². The van der Waals surface area contributed by atoms with E-state index >= 15 is 0 Å². The molecule has 2 aromatic rings. The van der Waals surface area contributed by atoms with Gasteiger partial charge < -0.3 is 10.6 Å². The van der Waals surface area contributed by atoms with Crippen molar-refractivity contribution in [1.82, 2.24) is 19.7 Å². The van der Waals surface area contributed by atoms with Gasteiger partial charge in [-0.1, -0.05) is 6.07 Å². The lowest BCUT2D eigenvalue weighted by molar-refractivity contribution is 0.214. The zero-order valence-corrected chi connectivity index (χ0v) is 11.2. The second-order valence-corrected chi connectivity index (χ2v) is 5.15. The Hall–Kier alpha value is -1.88. The molecule has 2 aromatic heterocycles. The third-order valence-electron chi connectivity index (χ3n) is 3.73. The fourth-order valence-corrected chi connectivity index (χ4v) is 2.58. The molecule has 3 heterocycles. The van der Waals surface area contributed by atoms with E-state index in [-0.39, 0.29) is 0 Å². The van der Waals surface area contributed by atoms with E-state index in [1.807, 2.05) is 28.9 Å². The molecule has 5 heteroatoms. The summed E-state index contributed by atoms with van der Waals surface area (Å²) in [5.41, 5.74) is 7.84. The molecule has 1 aliphatic rings. The SMILES string of the molecule is CN1CCC(n2nc(-c3ccccn3)cc2N)CC1. The summed E-state index contributed by atoms with van der Waals surface area (Å²) in [5, 5.41) is 4.64. The summed E-state index contributed by atoms with van der Waals surface area (Å²) in [6, 6.07) is 8.16. The lowest BCUT2D eigenvalue weighted by atomic mass is 10.1. The molecule has 0 saturated carbocycles. The number of aromatic nitrogens is 3. The summed E-state index contributed by atoms with van der Waals surface area (Å²) in [5.74, 6) is 0.732. The molecule has 1 fully saturated rings. The number of nitrogens with two attached hydrogens (primary N) is 1. The van der Waals surface area contributed by atoms with Crippen molar-refractivity contribution in [2.45, 2.75) is 18.9 Å². The number of rotatable bonds is 2. The van der Waals surface area contributed by atoms with E-state index in [1.54, 1.807) is 6.20 Å². The van der Waals surface area contributed by atoms with E-state index < -0.39 is 0 Å². The van der Waals surface area contributed by atoms with Gasteiger partial charge in [-0.3, -0.25) is 4.98 Å². The Labute approximate surface area is 113 Å². The summed E-state index contributed by atoms with van der Waals surface area (Å²) in [7, 11) is 2.15. The minimum atomic E-state index is 0.411. The van der Waals surface area contributed by atoms with Gasteiger partial charge in [0, 0.05) is 12.3 Å². The topological polar surface area (TPSA) is 60.0 Å². The number of piperidine rings is 1. The van der Waals surface area contributed by atoms with Crippen LogP contribution in [-0.2, 0) is 0 Å². The molecule has 0 atom stereocenters. The smallest absolute Gasteiger partial charge is 0.122 e. The van der Waals surface area contributed by atoms with Crippen LogP contribution in [-0.4, -0.2) is 39.8 Å². The van der Waals surface area contributed by atoms with Crippen molar-refractivity contribution in [3.8, 4) is 11.4 Å². The number of hydrogen-bond acceptors (Lipinski definition) is 4. The van der Waals surface area contributed by atoms with Crippen LogP contribution in [0.3, 0.4) is 0 Å². The van der Waals surface area contributed by atoms with Gasteiger partial charge in [0.15, 0.2) is 0 Å². The summed E-state index contributed by atoms with van der Waals surface area (Å²) < 4.78 is 1.97. The van der Waals surface area contributed by atoms with Gasteiger partial charge in [0.05, 0.1) is 11.7 Å². The Morgan fingerprint density at radius 3 is 2.68 bits per heavy atom. The van der Waals surface area contributed by atoms with Crippen molar-refractivity contribution in [1.29, 1.82) is 0 Å². The molecule has 0 aliphatic carbocycles. The van der Waals surface area contributed by atoms with Gasteiger partial charge in [0.1, 0.15) is 11.5 Å². The van der Waals surface area contributed by atoms with Crippen molar-refractivity contribution in [3.05, 3.63) is 30.5 Å². The molecule has 1 saturated heterocycles. The van der Waals surface area contributed by atoms with Crippen molar-refractivity contribution < 1.29 is 0 Å². The normalized spacial score (nSPS) is 17.7. The molecule has 0 amide bonds. The highest BCUT2D eigenvalue weighted by Gasteiger charge is 2.21. The summed E-state index contributed by atoms with van der Waals surface area (Å²) in [6.45, 7) is 2.20. The van der Waals surface area contributed by atoms with Gasteiger partial charge in [0.2, 0.25) is 0 Å². The van der Waals surface area contributed by atoms with Crippen LogP contribution >= 0.6 is 0 Å². The lowest BCUT2D eigenvalue weighted by Crippen LogP contribution is -2.32. The molecule has 1 aliphatic heterocycles. The predicted molar refractivity (Wildman–Crippen MR) is 75.6 cm³/mol. The minimum absolute atomic E-state index is 0.411. The third kappa shape index (κ3) is 2.46. The van der Waals surface area contributed by atoms with E-state index in [1.165, 1.54) is 0 Å². The number of nitrogen functional groups attached to an aromatic ring is 1. The monoisotopic (exact) mass is 257 g/mol. The van der Waals surface area contributed by atoms with Gasteiger partial charge in [-0.2, -0.15) is 5.10 Å². The van der Waals surface area contributed by atoms with Gasteiger partial charge in [-0.15, -0.1) is 0 Å². The lowest BCUT2D eigenvalue weighted by Gasteiger charge is -2.29. The van der Waals surface area contributed by atoms with Crippen molar-refractivity contribution in [3.63, 3.8) is 0 Å². The maximum Gasteiger partial charge on any atom is 0.122 e. The zero-order chi connectivity index (χ0) is 13.2. The van der Waals surface area contributed by atoms with Crippen LogP contribution in [0.5, 0.6) is 0 Å². The number of hydrogen-bond donors (Lipinski definition) is 1. The molecule has 2 N–H and O–H groups in total. The molecular formula is C14H19N5. The standard InChI is InChI=1S/C14H19N5/c1-18-8-5-11(6-9-18)19-14(15)10-13(17-19)12-4-2-3-7-16-12/h2-4,7,10-11H,5-6,8-9,15H2,1H3. The van der Waals surface area contributed by atoms with E-state index in [2.05, 4.69) is 22.0 Å². The largest absolute Gasteiger partial charge is 0.384 e. The van der Waals surface area contributed by atoms with Crippen LogP contribution in [0, 0.1) is 0 Å². The highest BCUT2D eigenvalue weighted by Crippen LogP contribution is 2.27. The van der Waals surface area contributed by atoms with Crippen LogP contribution in [0.2, 0.25) is 0 Å². The number of likely N-dealkylation sites (tertiary alicyclic amines) is 1. The van der Waals surface area contributed by atoms with Crippen LogP contribution < -0.4 is 5.73 Å². The predicted octanol–water partition coefficient (Wildman–Crippen LogP) is 1.79. The Bertz CT molecular complexity index is 540. The van der Waals surface area contributed by atoms with Gasteiger partial charge in [-0.05, 0) is 45.1 Å². The highest BCUT2D eigenvalue weighted by atomic mass is 15.3. The van der Waals surface area contributed by atoms with Crippen LogP contribution in [0.25, 0.3) is 11.4 Å². The molecular weight excluding hydrogens is 238 g/mol. The van der Waals surface area contributed by atoms with Gasteiger partial charge >= 0.3 is 0 Å². The molecule has 5 nitrogen and oxygen atoms in total. The quantitative estimate of drug-likeness (QED) is 0.891. The van der Waals surface area contributed by atoms with Crippen LogP contribution in [0.1, 0.15) is 18.9 Å². The third-order valence-corrected chi connectivity index (χ3v) is 3.73. The first-order valence-electron chi connectivity index (χ1n) is 6.69. The van der Waals surface area contributed by atoms with Crippen molar-refractivity contribution >= 4 is 5.82 Å². The van der Waals surface area contributed by atoms with E-state index in [0.29, 0.717) is 6.04 Å². The average Bonchev–Trinajstić information content (AvgIpc) is 2.83. The van der Waals surface area contributed by atoms with Crippen molar-refractivity contribution in [2.75, 3.05) is 25.9 Å². The van der Waals surface area contributed by atoms with E-state index in [9.17, 15) is 0 Å². The van der Waals surface area contributed by atoms with Crippen LogP contribution in [0.4, 0.5) is 5.82 Å². The highest BCUT2D eigenvalue weighted by molar-refractivity contribution is 5.57. The Kier molecular flexibility index (Phi) is 3.21. The first-order chi connectivity index (χ1) is 9.24. The number of nitrogens with zero attached hydrogens (tertiary/aromatic N) is 4. The second-order valence-electron chi connectivity index (χ2n) is 5.15. The van der Waals surface area contributed by atoms with E-state index in [0.717, 1.165) is 43.1 Å². The number of anilines is 1. The number of pyridine rings is 1. The fourth-order valence-electron chi connectivity index (χ4n) is 2.58. The molecule has 0 aromatic carbocycles. The first-order valence-corrected chi connectivity index (χ1v) is 6.69. The zero-order valence-electron chi connectivity index (χ0n) is 11.2. The molecule has 0 bridgehead atoms. The molecule has 19 heavy (non-hydrogen) atoms. The summed E-state index contributed by atoms with van der Waals surface area (Å²) in [4.78, 5) is 6.66. The minimum Gasteiger partial charge on any atom is -0.384 e. The Morgan fingerprint density at radius 2 is 2.00 bits per heavy atom. The first kappa shape index (κ1) is 12.2.